The fourth-order valence-electron chi connectivity index (χ4n) is 9.29. The third kappa shape index (κ3) is 3.77. The summed E-state index contributed by atoms with van der Waals surface area (Å²) in [6.45, 7) is 16.7. The van der Waals surface area contributed by atoms with Crippen molar-refractivity contribution < 1.29 is 9.90 Å². The summed E-state index contributed by atoms with van der Waals surface area (Å²) >= 11 is 0. The second-order valence-corrected chi connectivity index (χ2v) is 12.7. The molecule has 0 aromatic carbocycles. The van der Waals surface area contributed by atoms with Crippen molar-refractivity contribution >= 4 is 5.97 Å². The molecule has 8 unspecified atom stereocenters. The van der Waals surface area contributed by atoms with Crippen molar-refractivity contribution in [2.24, 2.45) is 51.8 Å². The molecular formula is C28H50O2. The Morgan fingerprint density at radius 2 is 1.47 bits per heavy atom. The van der Waals surface area contributed by atoms with Crippen molar-refractivity contribution in [1.82, 2.24) is 0 Å². The summed E-state index contributed by atoms with van der Waals surface area (Å²) in [6.07, 6.45) is 13.4. The largest absolute Gasteiger partial charge is 0.481 e. The molecule has 0 aromatic rings. The lowest BCUT2D eigenvalue weighted by Gasteiger charge is -2.62. The second kappa shape index (κ2) is 8.78. The number of carboxylic acids is 1. The Hall–Kier alpha value is -0.530. The maximum absolute atomic E-state index is 12.2. The maximum Gasteiger partial charge on any atom is 0.309 e. The first-order valence-electron chi connectivity index (χ1n) is 13.3. The minimum Gasteiger partial charge on any atom is -0.481 e. The number of fused-ring (bicyclic) bond motifs is 5. The Kier molecular flexibility index (Phi) is 7.06. The molecule has 0 amide bonds. The highest BCUT2D eigenvalue weighted by molar-refractivity contribution is 5.75. The van der Waals surface area contributed by atoms with E-state index in [0.717, 1.165) is 42.9 Å². The molecule has 0 heterocycles. The molecule has 2 heteroatoms. The van der Waals surface area contributed by atoms with E-state index in [1.165, 1.54) is 51.4 Å². The molecule has 4 saturated carbocycles. The van der Waals surface area contributed by atoms with Crippen LogP contribution in [-0.4, -0.2) is 11.1 Å². The SMILES string of the molecule is CCC.CCC1(C)C2CCC3C(CCC4(C(=O)O)CCCC34)C2CCC1C(C)(C)C. The second-order valence-electron chi connectivity index (χ2n) is 12.7. The first-order chi connectivity index (χ1) is 14.1. The van der Waals surface area contributed by atoms with Crippen LogP contribution in [0.4, 0.5) is 0 Å². The molecule has 1 N–H and O–H groups in total. The van der Waals surface area contributed by atoms with Crippen molar-refractivity contribution in [2.75, 3.05) is 0 Å². The van der Waals surface area contributed by atoms with Gasteiger partial charge in [0.25, 0.3) is 0 Å². The molecule has 0 bridgehead atoms. The number of hydrogen-bond acceptors (Lipinski definition) is 1. The first-order valence-corrected chi connectivity index (χ1v) is 13.3. The van der Waals surface area contributed by atoms with E-state index in [-0.39, 0.29) is 5.41 Å². The fourth-order valence-corrected chi connectivity index (χ4v) is 9.29. The van der Waals surface area contributed by atoms with Gasteiger partial charge in [-0.05, 0) is 97.7 Å². The average molecular weight is 419 g/mol. The fraction of sp³-hybridized carbons (Fsp3) is 0.964. The van der Waals surface area contributed by atoms with Gasteiger partial charge in [0.05, 0.1) is 5.41 Å². The van der Waals surface area contributed by atoms with E-state index >= 15 is 0 Å². The molecule has 2 nitrogen and oxygen atoms in total. The Labute approximate surface area is 187 Å². The van der Waals surface area contributed by atoms with Gasteiger partial charge in [-0.25, -0.2) is 0 Å². The summed E-state index contributed by atoms with van der Waals surface area (Å²) in [5, 5.41) is 10.1. The molecule has 4 fully saturated rings. The van der Waals surface area contributed by atoms with Gasteiger partial charge in [-0.3, -0.25) is 4.79 Å². The van der Waals surface area contributed by atoms with Crippen LogP contribution >= 0.6 is 0 Å². The number of carboxylic acid groups (broad SMARTS) is 1. The lowest BCUT2D eigenvalue weighted by Crippen LogP contribution is -2.56. The average Bonchev–Trinajstić information content (AvgIpc) is 3.13. The standard InChI is InChI=1S/C25H42O2.C3H8/c1-6-24(5)19-11-9-18-16(17(19)10-12-21(24)23(2,3)4)13-15-25(22(26)27)14-7-8-20(18)25;1-3-2/h16-21H,6-15H2,1-5H3,(H,26,27);3H2,1-2H3. The highest BCUT2D eigenvalue weighted by Crippen LogP contribution is 2.67. The van der Waals surface area contributed by atoms with E-state index in [0.29, 0.717) is 22.7 Å². The van der Waals surface area contributed by atoms with Crippen molar-refractivity contribution in [1.29, 1.82) is 0 Å². The van der Waals surface area contributed by atoms with Crippen molar-refractivity contribution in [2.45, 2.75) is 119 Å². The minimum atomic E-state index is -0.472. The summed E-state index contributed by atoms with van der Waals surface area (Å²) < 4.78 is 0. The predicted octanol–water partition coefficient (Wildman–Crippen LogP) is 8.20. The maximum atomic E-state index is 12.2. The quantitative estimate of drug-likeness (QED) is 0.490. The Morgan fingerprint density at radius 1 is 0.867 bits per heavy atom. The third-order valence-electron chi connectivity index (χ3n) is 10.4. The molecule has 174 valence electrons. The van der Waals surface area contributed by atoms with Crippen LogP contribution in [0.15, 0.2) is 0 Å². The van der Waals surface area contributed by atoms with Crippen LogP contribution in [0.25, 0.3) is 0 Å². The minimum absolute atomic E-state index is 0.356. The Bertz CT molecular complexity index is 604. The summed E-state index contributed by atoms with van der Waals surface area (Å²) in [4.78, 5) is 12.2. The zero-order valence-corrected chi connectivity index (χ0v) is 21.1. The summed E-state index contributed by atoms with van der Waals surface area (Å²) in [5.74, 6) is 4.06. The summed E-state index contributed by atoms with van der Waals surface area (Å²) in [5.41, 5.74) is 0.497. The van der Waals surface area contributed by atoms with Crippen LogP contribution in [0.3, 0.4) is 0 Å². The topological polar surface area (TPSA) is 37.3 Å². The van der Waals surface area contributed by atoms with Crippen LogP contribution in [0.1, 0.15) is 119 Å². The smallest absolute Gasteiger partial charge is 0.309 e. The van der Waals surface area contributed by atoms with E-state index in [1.807, 2.05) is 0 Å². The summed E-state index contributed by atoms with van der Waals surface area (Å²) in [7, 11) is 0. The van der Waals surface area contributed by atoms with Crippen LogP contribution in [0.2, 0.25) is 0 Å². The van der Waals surface area contributed by atoms with Crippen LogP contribution in [0, 0.1) is 51.8 Å². The predicted molar refractivity (Wildman–Crippen MR) is 126 cm³/mol. The molecule has 4 aliphatic carbocycles. The molecule has 0 radical (unpaired) electrons. The van der Waals surface area contributed by atoms with Gasteiger partial charge in [-0.15, -0.1) is 0 Å². The Morgan fingerprint density at radius 3 is 2.03 bits per heavy atom. The molecule has 4 aliphatic rings. The van der Waals surface area contributed by atoms with Crippen LogP contribution in [0.5, 0.6) is 0 Å². The lowest BCUT2D eigenvalue weighted by atomic mass is 9.43. The molecule has 0 aromatic heterocycles. The normalized spacial score (nSPS) is 45.4. The Balaban J connectivity index is 0.000000806. The highest BCUT2D eigenvalue weighted by atomic mass is 16.4. The molecule has 0 spiro atoms. The number of hydrogen-bond donors (Lipinski definition) is 1. The van der Waals surface area contributed by atoms with Gasteiger partial charge in [0.2, 0.25) is 0 Å². The molecule has 0 saturated heterocycles. The molecular weight excluding hydrogens is 368 g/mol. The van der Waals surface area contributed by atoms with E-state index in [4.69, 9.17) is 0 Å². The molecule has 0 aliphatic heterocycles. The van der Waals surface area contributed by atoms with Gasteiger partial charge >= 0.3 is 5.97 Å². The lowest BCUT2D eigenvalue weighted by molar-refractivity contribution is -0.167. The van der Waals surface area contributed by atoms with Crippen LogP contribution in [-0.2, 0) is 4.79 Å². The number of carbonyl (C=O) groups is 1. The van der Waals surface area contributed by atoms with Gasteiger partial charge in [0, 0.05) is 0 Å². The van der Waals surface area contributed by atoms with E-state index in [2.05, 4.69) is 48.5 Å². The first kappa shape index (κ1) is 24.1. The van der Waals surface area contributed by atoms with Gasteiger partial charge < -0.3 is 5.11 Å². The van der Waals surface area contributed by atoms with Crippen molar-refractivity contribution in [3.05, 3.63) is 0 Å². The summed E-state index contributed by atoms with van der Waals surface area (Å²) in [6, 6.07) is 0. The van der Waals surface area contributed by atoms with Crippen LogP contribution < -0.4 is 0 Å². The van der Waals surface area contributed by atoms with Gasteiger partial charge in [-0.1, -0.05) is 67.7 Å². The van der Waals surface area contributed by atoms with Crippen molar-refractivity contribution in [3.63, 3.8) is 0 Å². The van der Waals surface area contributed by atoms with E-state index < -0.39 is 5.97 Å². The molecule has 8 atom stereocenters. The van der Waals surface area contributed by atoms with Gasteiger partial charge in [-0.2, -0.15) is 0 Å². The molecule has 30 heavy (non-hydrogen) atoms. The number of aliphatic carboxylic acids is 1. The van der Waals surface area contributed by atoms with Gasteiger partial charge in [0.15, 0.2) is 0 Å². The highest BCUT2D eigenvalue weighted by Gasteiger charge is 2.61. The number of rotatable bonds is 2. The monoisotopic (exact) mass is 418 g/mol. The zero-order chi connectivity index (χ0) is 22.3. The zero-order valence-electron chi connectivity index (χ0n) is 21.1. The molecule has 4 rings (SSSR count). The van der Waals surface area contributed by atoms with Gasteiger partial charge in [0.1, 0.15) is 0 Å². The van der Waals surface area contributed by atoms with Crippen molar-refractivity contribution in [3.8, 4) is 0 Å². The third-order valence-corrected chi connectivity index (χ3v) is 10.4. The van der Waals surface area contributed by atoms with E-state index in [9.17, 15) is 9.90 Å². The van der Waals surface area contributed by atoms with E-state index in [1.54, 1.807) is 0 Å².